The molecule has 6 heteroatoms. The molecule has 0 unspecified atom stereocenters. The molecule has 3 nitrogen and oxygen atoms in total. The van der Waals surface area contributed by atoms with Crippen LogP contribution < -0.4 is 11.1 Å². The van der Waals surface area contributed by atoms with E-state index in [4.69, 9.17) is 5.73 Å². The third kappa shape index (κ3) is 3.56. The number of carbonyl (C=O) groups excluding carboxylic acids is 1. The van der Waals surface area contributed by atoms with Gasteiger partial charge < -0.3 is 11.1 Å². The van der Waals surface area contributed by atoms with Crippen molar-refractivity contribution in [3.05, 3.63) is 35.4 Å². The van der Waals surface area contributed by atoms with E-state index in [0.717, 1.165) is 31.7 Å². The molecular weight excluding hydrogens is 281 g/mol. The molecule has 1 aromatic carbocycles. The topological polar surface area (TPSA) is 55.1 Å². The molecule has 3 N–H and O–H groups in total. The van der Waals surface area contributed by atoms with Crippen LogP contribution in [0.25, 0.3) is 0 Å². The maximum absolute atomic E-state index is 12.9. The molecular formula is C15H19F3N2O. The lowest BCUT2D eigenvalue weighted by Crippen LogP contribution is -2.41. The van der Waals surface area contributed by atoms with Crippen molar-refractivity contribution in [1.82, 2.24) is 5.32 Å². The molecule has 0 bridgehead atoms. The molecule has 0 spiro atoms. The fraction of sp³-hybridized carbons (Fsp3) is 0.533. The highest BCUT2D eigenvalue weighted by molar-refractivity contribution is 5.95. The Kier molecular flexibility index (Phi) is 4.56. The van der Waals surface area contributed by atoms with E-state index in [-0.39, 0.29) is 11.0 Å². The summed E-state index contributed by atoms with van der Waals surface area (Å²) in [6.07, 6.45) is -0.624. The van der Waals surface area contributed by atoms with E-state index in [1.54, 1.807) is 0 Å². The van der Waals surface area contributed by atoms with Gasteiger partial charge in [-0.15, -0.1) is 0 Å². The summed E-state index contributed by atoms with van der Waals surface area (Å²) in [5.74, 6) is -0.692. The van der Waals surface area contributed by atoms with Crippen molar-refractivity contribution in [3.63, 3.8) is 0 Å². The van der Waals surface area contributed by atoms with Crippen LogP contribution in [0, 0.1) is 5.41 Å². The van der Waals surface area contributed by atoms with Gasteiger partial charge in [0.25, 0.3) is 5.91 Å². The summed E-state index contributed by atoms with van der Waals surface area (Å²) < 4.78 is 38.7. The molecule has 0 aliphatic heterocycles. The average Bonchev–Trinajstić information content (AvgIpc) is 2.93. The van der Waals surface area contributed by atoms with E-state index in [1.807, 2.05) is 0 Å². The second-order valence-corrected chi connectivity index (χ2v) is 5.64. The van der Waals surface area contributed by atoms with E-state index >= 15 is 0 Å². The summed E-state index contributed by atoms with van der Waals surface area (Å²) in [5, 5.41) is 2.63. The first-order valence-corrected chi connectivity index (χ1v) is 7.02. The largest absolute Gasteiger partial charge is 0.417 e. The van der Waals surface area contributed by atoms with E-state index in [1.165, 1.54) is 18.2 Å². The maximum atomic E-state index is 12.9. The van der Waals surface area contributed by atoms with Crippen LogP contribution >= 0.6 is 0 Å². The van der Waals surface area contributed by atoms with Crippen molar-refractivity contribution in [3.8, 4) is 0 Å². The average molecular weight is 300 g/mol. The van der Waals surface area contributed by atoms with Gasteiger partial charge in [-0.3, -0.25) is 4.79 Å². The van der Waals surface area contributed by atoms with Crippen LogP contribution in [0.15, 0.2) is 24.3 Å². The lowest BCUT2D eigenvalue weighted by Gasteiger charge is -2.27. The fourth-order valence-electron chi connectivity index (χ4n) is 2.87. The molecule has 1 aromatic rings. The molecule has 0 heterocycles. The Balaban J connectivity index is 2.11. The number of nitrogens with two attached hydrogens (primary N) is 1. The zero-order valence-corrected chi connectivity index (χ0v) is 11.7. The van der Waals surface area contributed by atoms with Crippen molar-refractivity contribution in [2.75, 3.05) is 13.1 Å². The van der Waals surface area contributed by atoms with Gasteiger partial charge in [-0.05, 0) is 36.9 Å². The summed E-state index contributed by atoms with van der Waals surface area (Å²) in [6.45, 7) is 0.767. The normalized spacial score (nSPS) is 17.7. The molecule has 1 fully saturated rings. The van der Waals surface area contributed by atoms with Crippen LogP contribution in [-0.4, -0.2) is 19.0 Å². The molecule has 0 atom stereocenters. The van der Waals surface area contributed by atoms with Crippen LogP contribution in [0.1, 0.15) is 41.6 Å². The number of rotatable bonds is 4. The number of alkyl halides is 3. The van der Waals surface area contributed by atoms with Gasteiger partial charge in [-0.2, -0.15) is 13.2 Å². The lowest BCUT2D eigenvalue weighted by molar-refractivity contribution is -0.137. The van der Waals surface area contributed by atoms with Crippen LogP contribution in [0.2, 0.25) is 0 Å². The second-order valence-electron chi connectivity index (χ2n) is 5.64. The first-order valence-electron chi connectivity index (χ1n) is 7.02. The molecule has 1 saturated carbocycles. The predicted octanol–water partition coefficient (Wildman–Crippen LogP) is 2.95. The van der Waals surface area contributed by atoms with Crippen molar-refractivity contribution in [2.24, 2.45) is 11.1 Å². The van der Waals surface area contributed by atoms with Crippen molar-refractivity contribution in [1.29, 1.82) is 0 Å². The van der Waals surface area contributed by atoms with Crippen LogP contribution in [0.3, 0.4) is 0 Å². The first-order chi connectivity index (χ1) is 9.88. The van der Waals surface area contributed by atoms with Crippen molar-refractivity contribution in [2.45, 2.75) is 31.9 Å². The molecule has 0 saturated heterocycles. The minimum atomic E-state index is -4.53. The Bertz CT molecular complexity index is 508. The molecule has 1 aliphatic carbocycles. The summed E-state index contributed by atoms with van der Waals surface area (Å²) >= 11 is 0. The van der Waals surface area contributed by atoms with Gasteiger partial charge in [0, 0.05) is 6.54 Å². The Morgan fingerprint density at radius 3 is 2.43 bits per heavy atom. The second kappa shape index (κ2) is 6.05. The smallest absolute Gasteiger partial charge is 0.351 e. The van der Waals surface area contributed by atoms with Crippen molar-refractivity contribution < 1.29 is 18.0 Å². The monoisotopic (exact) mass is 300 g/mol. The number of halogens is 3. The molecule has 1 amide bonds. The highest BCUT2D eigenvalue weighted by atomic mass is 19.4. The zero-order chi connectivity index (χ0) is 15.5. The first kappa shape index (κ1) is 15.8. The van der Waals surface area contributed by atoms with Gasteiger partial charge in [0.05, 0.1) is 11.1 Å². The minimum Gasteiger partial charge on any atom is -0.351 e. The fourth-order valence-corrected chi connectivity index (χ4v) is 2.87. The van der Waals surface area contributed by atoms with Gasteiger partial charge in [0.15, 0.2) is 0 Å². The Morgan fingerprint density at radius 2 is 1.86 bits per heavy atom. The lowest BCUT2D eigenvalue weighted by atomic mass is 9.86. The number of nitrogens with one attached hydrogen (secondary N) is 1. The van der Waals surface area contributed by atoms with E-state index in [2.05, 4.69) is 5.32 Å². The maximum Gasteiger partial charge on any atom is 0.417 e. The molecule has 1 aliphatic rings. The Morgan fingerprint density at radius 1 is 1.24 bits per heavy atom. The summed E-state index contributed by atoms with van der Waals surface area (Å²) in [6, 6.07) is 4.82. The van der Waals surface area contributed by atoms with Crippen LogP contribution in [0.4, 0.5) is 13.2 Å². The highest BCUT2D eigenvalue weighted by Gasteiger charge is 2.36. The number of carbonyl (C=O) groups is 1. The quantitative estimate of drug-likeness (QED) is 0.898. The molecule has 21 heavy (non-hydrogen) atoms. The summed E-state index contributed by atoms with van der Waals surface area (Å²) in [4.78, 5) is 12.1. The third-order valence-corrected chi connectivity index (χ3v) is 4.20. The summed E-state index contributed by atoms with van der Waals surface area (Å²) in [7, 11) is 0. The third-order valence-electron chi connectivity index (χ3n) is 4.20. The summed E-state index contributed by atoms with van der Waals surface area (Å²) in [5.41, 5.74) is 4.35. The SMILES string of the molecule is NCC1(CNC(=O)c2ccccc2C(F)(F)F)CCCC1. The van der Waals surface area contributed by atoms with Gasteiger partial charge in [-0.1, -0.05) is 25.0 Å². The zero-order valence-electron chi connectivity index (χ0n) is 11.7. The molecule has 0 aromatic heterocycles. The number of amides is 1. The number of benzene rings is 1. The van der Waals surface area contributed by atoms with Gasteiger partial charge in [-0.25, -0.2) is 0 Å². The standard InChI is InChI=1S/C15H19F3N2O/c16-15(17,18)12-6-2-1-5-11(12)13(21)20-10-14(9-19)7-3-4-8-14/h1-2,5-6H,3-4,7-10,19H2,(H,20,21). The Labute approximate surface area is 121 Å². The predicted molar refractivity (Wildman–Crippen MR) is 73.7 cm³/mol. The number of hydrogen-bond donors (Lipinski definition) is 2. The molecule has 2 rings (SSSR count). The van der Waals surface area contributed by atoms with Crippen molar-refractivity contribution >= 4 is 5.91 Å². The highest BCUT2D eigenvalue weighted by Crippen LogP contribution is 2.36. The number of hydrogen-bond acceptors (Lipinski definition) is 2. The van der Waals surface area contributed by atoms with E-state index < -0.39 is 17.6 Å². The Hall–Kier alpha value is -1.56. The molecule has 0 radical (unpaired) electrons. The minimum absolute atomic E-state index is 0.164. The van der Waals surface area contributed by atoms with Crippen LogP contribution in [-0.2, 0) is 6.18 Å². The van der Waals surface area contributed by atoms with Gasteiger partial charge >= 0.3 is 6.18 Å². The van der Waals surface area contributed by atoms with Gasteiger partial charge in [0.2, 0.25) is 0 Å². The molecule has 116 valence electrons. The van der Waals surface area contributed by atoms with Crippen LogP contribution in [0.5, 0.6) is 0 Å². The van der Waals surface area contributed by atoms with Gasteiger partial charge in [0.1, 0.15) is 0 Å². The van der Waals surface area contributed by atoms with E-state index in [9.17, 15) is 18.0 Å². The van der Waals surface area contributed by atoms with E-state index in [0.29, 0.717) is 13.1 Å².